The van der Waals surface area contributed by atoms with E-state index in [1.54, 1.807) is 6.07 Å². The highest BCUT2D eigenvalue weighted by atomic mass is 32.1. The molecule has 0 aliphatic rings. The van der Waals surface area contributed by atoms with Crippen LogP contribution in [0.2, 0.25) is 0 Å². The third-order valence-corrected chi connectivity index (χ3v) is 3.31. The van der Waals surface area contributed by atoms with Crippen LogP contribution in [0.1, 0.15) is 22.2 Å². The van der Waals surface area contributed by atoms with Crippen molar-refractivity contribution in [1.29, 1.82) is 0 Å². The molecular formula is C14H14N2O2S. The second-order valence-electron chi connectivity index (χ2n) is 4.04. The second-order valence-corrected chi connectivity index (χ2v) is 4.99. The summed E-state index contributed by atoms with van der Waals surface area (Å²) in [7, 11) is 0. The molecule has 0 spiro atoms. The van der Waals surface area contributed by atoms with Crippen molar-refractivity contribution in [2.45, 2.75) is 13.5 Å². The zero-order chi connectivity index (χ0) is 13.7. The van der Waals surface area contributed by atoms with E-state index in [1.807, 2.05) is 35.7 Å². The first-order valence-corrected chi connectivity index (χ1v) is 6.71. The Morgan fingerprint density at radius 2 is 2.05 bits per heavy atom. The average Bonchev–Trinajstić information content (AvgIpc) is 2.89. The van der Waals surface area contributed by atoms with Crippen LogP contribution in [-0.4, -0.2) is 11.8 Å². The number of thiophene rings is 1. The number of amides is 2. The normalized spacial score (nSPS) is 9.95. The van der Waals surface area contributed by atoms with Crippen molar-refractivity contribution in [2.24, 2.45) is 0 Å². The van der Waals surface area contributed by atoms with E-state index < -0.39 is 0 Å². The Labute approximate surface area is 115 Å². The number of hydrogen-bond acceptors (Lipinski definition) is 3. The lowest BCUT2D eigenvalue weighted by atomic mass is 10.2. The summed E-state index contributed by atoms with van der Waals surface area (Å²) in [4.78, 5) is 23.4. The predicted molar refractivity (Wildman–Crippen MR) is 76.2 cm³/mol. The van der Waals surface area contributed by atoms with Gasteiger partial charge >= 0.3 is 0 Å². The van der Waals surface area contributed by atoms with Crippen molar-refractivity contribution in [1.82, 2.24) is 5.32 Å². The van der Waals surface area contributed by atoms with E-state index in [0.29, 0.717) is 11.4 Å². The molecule has 0 unspecified atom stereocenters. The molecule has 0 saturated heterocycles. The lowest BCUT2D eigenvalue weighted by molar-refractivity contribution is -0.114. The third-order valence-electron chi connectivity index (χ3n) is 2.45. The Morgan fingerprint density at radius 1 is 1.21 bits per heavy atom. The van der Waals surface area contributed by atoms with E-state index in [4.69, 9.17) is 0 Å². The molecule has 2 amide bonds. The number of carbonyl (C=O) groups excluding carboxylic acids is 2. The maximum Gasteiger partial charge on any atom is 0.261 e. The minimum atomic E-state index is -0.111. The quantitative estimate of drug-likeness (QED) is 0.900. The SMILES string of the molecule is CC(=O)Nc1cccc(CNC(=O)c2cccs2)c1. The molecule has 1 aromatic carbocycles. The van der Waals surface area contributed by atoms with Crippen molar-refractivity contribution < 1.29 is 9.59 Å². The van der Waals surface area contributed by atoms with Crippen LogP contribution in [0.25, 0.3) is 0 Å². The topological polar surface area (TPSA) is 58.2 Å². The highest BCUT2D eigenvalue weighted by Gasteiger charge is 2.05. The molecule has 2 aromatic rings. The van der Waals surface area contributed by atoms with Gasteiger partial charge in [0.15, 0.2) is 0 Å². The molecule has 0 fully saturated rings. The summed E-state index contributed by atoms with van der Waals surface area (Å²) in [6, 6.07) is 11.0. The highest BCUT2D eigenvalue weighted by molar-refractivity contribution is 7.12. The Kier molecular flexibility index (Phi) is 4.30. The number of benzene rings is 1. The van der Waals surface area contributed by atoms with Crippen LogP contribution in [-0.2, 0) is 11.3 Å². The van der Waals surface area contributed by atoms with E-state index in [2.05, 4.69) is 10.6 Å². The van der Waals surface area contributed by atoms with Gasteiger partial charge in [0.25, 0.3) is 5.91 Å². The van der Waals surface area contributed by atoms with Crippen LogP contribution in [0.3, 0.4) is 0 Å². The number of nitrogens with one attached hydrogen (secondary N) is 2. The standard InChI is InChI=1S/C14H14N2O2S/c1-10(17)16-12-5-2-4-11(8-12)9-15-14(18)13-6-3-7-19-13/h2-8H,9H2,1H3,(H,15,18)(H,16,17). The first kappa shape index (κ1) is 13.3. The van der Waals surface area contributed by atoms with Crippen LogP contribution < -0.4 is 10.6 Å². The van der Waals surface area contributed by atoms with Crippen LogP contribution in [0.5, 0.6) is 0 Å². The number of hydrogen-bond donors (Lipinski definition) is 2. The van der Waals surface area contributed by atoms with Gasteiger partial charge < -0.3 is 10.6 Å². The van der Waals surface area contributed by atoms with Crippen molar-refractivity contribution in [2.75, 3.05) is 5.32 Å². The van der Waals surface area contributed by atoms with Crippen molar-refractivity contribution in [3.8, 4) is 0 Å². The van der Waals surface area contributed by atoms with Crippen LogP contribution >= 0.6 is 11.3 Å². The minimum Gasteiger partial charge on any atom is -0.347 e. The van der Waals surface area contributed by atoms with Crippen LogP contribution in [0.15, 0.2) is 41.8 Å². The zero-order valence-corrected chi connectivity index (χ0v) is 11.3. The monoisotopic (exact) mass is 274 g/mol. The van der Waals surface area contributed by atoms with Gasteiger partial charge in [0.2, 0.25) is 5.91 Å². The molecule has 1 aromatic heterocycles. The zero-order valence-electron chi connectivity index (χ0n) is 10.5. The number of anilines is 1. The van der Waals surface area contributed by atoms with Gasteiger partial charge in [-0.3, -0.25) is 9.59 Å². The van der Waals surface area contributed by atoms with E-state index in [0.717, 1.165) is 11.3 Å². The van der Waals surface area contributed by atoms with Gasteiger partial charge in [-0.15, -0.1) is 11.3 Å². The lowest BCUT2D eigenvalue weighted by Crippen LogP contribution is -2.21. The Morgan fingerprint density at radius 3 is 2.74 bits per heavy atom. The fourth-order valence-electron chi connectivity index (χ4n) is 1.64. The molecule has 0 atom stereocenters. The van der Waals surface area contributed by atoms with Crippen molar-refractivity contribution in [3.05, 3.63) is 52.2 Å². The van der Waals surface area contributed by atoms with Gasteiger partial charge in [-0.05, 0) is 29.1 Å². The average molecular weight is 274 g/mol. The lowest BCUT2D eigenvalue weighted by Gasteiger charge is -2.07. The molecule has 1 heterocycles. The molecular weight excluding hydrogens is 260 g/mol. The number of carbonyl (C=O) groups is 2. The van der Waals surface area contributed by atoms with Gasteiger partial charge in [-0.2, -0.15) is 0 Å². The molecule has 0 aliphatic carbocycles. The number of rotatable bonds is 4. The van der Waals surface area contributed by atoms with E-state index in [9.17, 15) is 9.59 Å². The van der Waals surface area contributed by atoms with Gasteiger partial charge in [-0.1, -0.05) is 18.2 Å². The third kappa shape index (κ3) is 3.93. The summed E-state index contributed by atoms with van der Waals surface area (Å²) in [5, 5.41) is 7.42. The molecule has 0 saturated carbocycles. The summed E-state index contributed by atoms with van der Waals surface area (Å²) in [6.45, 7) is 1.90. The molecule has 98 valence electrons. The van der Waals surface area contributed by atoms with Crippen LogP contribution in [0, 0.1) is 0 Å². The van der Waals surface area contributed by atoms with Crippen molar-refractivity contribution in [3.63, 3.8) is 0 Å². The maximum atomic E-state index is 11.8. The predicted octanol–water partition coefficient (Wildman–Crippen LogP) is 2.64. The Balaban J connectivity index is 1.96. The largest absolute Gasteiger partial charge is 0.347 e. The first-order valence-electron chi connectivity index (χ1n) is 5.83. The Bertz CT molecular complexity index is 579. The first-order chi connectivity index (χ1) is 9.15. The van der Waals surface area contributed by atoms with Gasteiger partial charge in [0.1, 0.15) is 0 Å². The van der Waals surface area contributed by atoms with E-state index in [-0.39, 0.29) is 11.8 Å². The molecule has 0 radical (unpaired) electrons. The molecule has 19 heavy (non-hydrogen) atoms. The molecule has 2 N–H and O–H groups in total. The van der Waals surface area contributed by atoms with Gasteiger partial charge in [-0.25, -0.2) is 0 Å². The molecule has 4 nitrogen and oxygen atoms in total. The summed E-state index contributed by atoms with van der Waals surface area (Å²) >= 11 is 1.41. The summed E-state index contributed by atoms with van der Waals surface area (Å²) in [5.41, 5.74) is 1.67. The van der Waals surface area contributed by atoms with E-state index in [1.165, 1.54) is 18.3 Å². The van der Waals surface area contributed by atoms with Gasteiger partial charge in [0.05, 0.1) is 4.88 Å². The fourth-order valence-corrected chi connectivity index (χ4v) is 2.28. The van der Waals surface area contributed by atoms with Gasteiger partial charge in [0, 0.05) is 19.2 Å². The minimum absolute atomic E-state index is 0.0834. The smallest absolute Gasteiger partial charge is 0.261 e. The summed E-state index contributed by atoms with van der Waals surface area (Å²) in [6.07, 6.45) is 0. The maximum absolute atomic E-state index is 11.8. The molecule has 2 rings (SSSR count). The summed E-state index contributed by atoms with van der Waals surface area (Å²) < 4.78 is 0. The van der Waals surface area contributed by atoms with Crippen molar-refractivity contribution >= 4 is 28.8 Å². The van der Waals surface area contributed by atoms with E-state index >= 15 is 0 Å². The molecule has 0 aliphatic heterocycles. The summed E-state index contributed by atoms with van der Waals surface area (Å²) in [5.74, 6) is -0.195. The second kappa shape index (κ2) is 6.15. The fraction of sp³-hybridized carbons (Fsp3) is 0.143. The highest BCUT2D eigenvalue weighted by Crippen LogP contribution is 2.12. The molecule has 0 bridgehead atoms. The molecule has 5 heteroatoms. The van der Waals surface area contributed by atoms with Crippen LogP contribution in [0.4, 0.5) is 5.69 Å². The Hall–Kier alpha value is -2.14.